The summed E-state index contributed by atoms with van der Waals surface area (Å²) in [7, 11) is 0. The van der Waals surface area contributed by atoms with Crippen molar-refractivity contribution in [1.82, 2.24) is 0 Å². The highest BCUT2D eigenvalue weighted by Crippen LogP contribution is 2.21. The second-order valence-electron chi connectivity index (χ2n) is 2.25. The molecule has 0 fully saturated rings. The molecule has 58 valence electrons. The van der Waals surface area contributed by atoms with Gasteiger partial charge in [0.15, 0.2) is 0 Å². The van der Waals surface area contributed by atoms with E-state index in [0.717, 1.165) is 11.1 Å². The predicted molar refractivity (Wildman–Crippen MR) is 45.7 cm³/mol. The van der Waals surface area contributed by atoms with Crippen molar-refractivity contribution in [3.63, 3.8) is 0 Å². The highest BCUT2D eigenvalue weighted by Gasteiger charge is 2.09. The first-order chi connectivity index (χ1) is 5.13. The Kier molecular flexibility index (Phi) is 2.10. The van der Waals surface area contributed by atoms with Crippen molar-refractivity contribution < 1.29 is 9.90 Å². The van der Waals surface area contributed by atoms with E-state index in [-0.39, 0.29) is 5.57 Å². The van der Waals surface area contributed by atoms with Crippen LogP contribution in [0.15, 0.2) is 17.3 Å². The van der Waals surface area contributed by atoms with E-state index >= 15 is 0 Å². The third-order valence-corrected chi connectivity index (χ3v) is 2.30. The van der Waals surface area contributed by atoms with Crippen LogP contribution in [0.3, 0.4) is 0 Å². The maximum Gasteiger partial charge on any atom is 0.335 e. The van der Waals surface area contributed by atoms with Gasteiger partial charge in [-0.2, -0.15) is 11.3 Å². The molecule has 1 heterocycles. The molecule has 1 aromatic rings. The molecular weight excluding hydrogens is 160 g/mol. The lowest BCUT2D eigenvalue weighted by atomic mass is 10.1. The normalized spacial score (nSPS) is 9.55. The van der Waals surface area contributed by atoms with Crippen molar-refractivity contribution in [2.75, 3.05) is 0 Å². The van der Waals surface area contributed by atoms with Crippen LogP contribution in [0.4, 0.5) is 0 Å². The number of carboxylic acids is 1. The number of thiophene rings is 1. The predicted octanol–water partition coefficient (Wildman–Crippen LogP) is 2.15. The molecular formula is C8H8O2S. The van der Waals surface area contributed by atoms with Gasteiger partial charge >= 0.3 is 5.97 Å². The zero-order valence-electron chi connectivity index (χ0n) is 6.13. The summed E-state index contributed by atoms with van der Waals surface area (Å²) in [6.07, 6.45) is 0. The Bertz CT molecular complexity index is 299. The van der Waals surface area contributed by atoms with Crippen molar-refractivity contribution in [2.45, 2.75) is 6.92 Å². The van der Waals surface area contributed by atoms with Gasteiger partial charge in [0.05, 0.1) is 5.57 Å². The first-order valence-corrected chi connectivity index (χ1v) is 4.02. The van der Waals surface area contributed by atoms with E-state index in [2.05, 4.69) is 6.58 Å². The van der Waals surface area contributed by atoms with Crippen LogP contribution in [-0.4, -0.2) is 11.1 Å². The minimum atomic E-state index is -0.952. The number of carbonyl (C=O) groups is 1. The van der Waals surface area contributed by atoms with Gasteiger partial charge in [0.2, 0.25) is 0 Å². The molecule has 11 heavy (non-hydrogen) atoms. The monoisotopic (exact) mass is 168 g/mol. The lowest BCUT2D eigenvalue weighted by molar-refractivity contribution is -0.130. The molecule has 0 spiro atoms. The summed E-state index contributed by atoms with van der Waals surface area (Å²) in [5.41, 5.74) is 1.88. The molecule has 0 radical (unpaired) electrons. The van der Waals surface area contributed by atoms with Gasteiger partial charge in [-0.1, -0.05) is 6.58 Å². The molecule has 1 aromatic heterocycles. The molecule has 2 nitrogen and oxygen atoms in total. The van der Waals surface area contributed by atoms with Gasteiger partial charge in [0.25, 0.3) is 0 Å². The fraction of sp³-hybridized carbons (Fsp3) is 0.125. The molecule has 0 aliphatic carbocycles. The van der Waals surface area contributed by atoms with Gasteiger partial charge in [-0.15, -0.1) is 0 Å². The van der Waals surface area contributed by atoms with Crippen LogP contribution >= 0.6 is 11.3 Å². The van der Waals surface area contributed by atoms with Crippen LogP contribution in [0, 0.1) is 6.92 Å². The Morgan fingerprint density at radius 1 is 1.64 bits per heavy atom. The van der Waals surface area contributed by atoms with Crippen LogP contribution < -0.4 is 0 Å². The molecule has 0 unspecified atom stereocenters. The second-order valence-corrected chi connectivity index (χ2v) is 3.00. The zero-order valence-corrected chi connectivity index (χ0v) is 6.94. The molecule has 0 atom stereocenters. The topological polar surface area (TPSA) is 37.3 Å². The van der Waals surface area contributed by atoms with E-state index in [1.807, 2.05) is 12.3 Å². The highest BCUT2D eigenvalue weighted by molar-refractivity contribution is 7.08. The smallest absolute Gasteiger partial charge is 0.335 e. The lowest BCUT2D eigenvalue weighted by Crippen LogP contribution is -1.97. The highest BCUT2D eigenvalue weighted by atomic mass is 32.1. The van der Waals surface area contributed by atoms with E-state index in [1.54, 1.807) is 5.38 Å². The van der Waals surface area contributed by atoms with Gasteiger partial charge in [-0.25, -0.2) is 4.79 Å². The van der Waals surface area contributed by atoms with Gasteiger partial charge in [-0.3, -0.25) is 0 Å². The maximum absolute atomic E-state index is 10.5. The summed E-state index contributed by atoms with van der Waals surface area (Å²) >= 11 is 1.49. The van der Waals surface area contributed by atoms with Crippen molar-refractivity contribution in [2.24, 2.45) is 0 Å². The van der Waals surface area contributed by atoms with Crippen LogP contribution in [0.5, 0.6) is 0 Å². The van der Waals surface area contributed by atoms with E-state index in [4.69, 9.17) is 5.11 Å². The van der Waals surface area contributed by atoms with Crippen LogP contribution in [0.1, 0.15) is 11.1 Å². The largest absolute Gasteiger partial charge is 0.478 e. The zero-order chi connectivity index (χ0) is 8.43. The Morgan fingerprint density at radius 2 is 2.27 bits per heavy atom. The summed E-state index contributed by atoms with van der Waals surface area (Å²) in [5.74, 6) is -0.952. The second kappa shape index (κ2) is 2.88. The molecule has 3 heteroatoms. The quantitative estimate of drug-likeness (QED) is 0.687. The molecule has 1 N–H and O–H groups in total. The molecule has 1 rings (SSSR count). The van der Waals surface area contributed by atoms with Crippen molar-refractivity contribution >= 4 is 22.9 Å². The molecule has 0 saturated heterocycles. The van der Waals surface area contributed by atoms with Crippen molar-refractivity contribution in [1.29, 1.82) is 0 Å². The van der Waals surface area contributed by atoms with Gasteiger partial charge < -0.3 is 5.11 Å². The van der Waals surface area contributed by atoms with Crippen molar-refractivity contribution in [3.05, 3.63) is 28.5 Å². The summed E-state index contributed by atoms with van der Waals surface area (Å²) < 4.78 is 0. The number of rotatable bonds is 2. The Morgan fingerprint density at radius 3 is 2.64 bits per heavy atom. The summed E-state index contributed by atoms with van der Waals surface area (Å²) in [4.78, 5) is 10.5. The van der Waals surface area contributed by atoms with E-state index in [9.17, 15) is 4.79 Å². The standard InChI is InChI=1S/C8H8O2S/c1-5-3-11-4-7(5)6(2)8(9)10/h3-4H,2H2,1H3,(H,9,10). The lowest BCUT2D eigenvalue weighted by Gasteiger charge is -1.96. The molecule has 0 aliphatic rings. The maximum atomic E-state index is 10.5. The Labute approximate surface area is 68.8 Å². The van der Waals surface area contributed by atoms with Crippen LogP contribution in [-0.2, 0) is 4.79 Å². The third-order valence-electron chi connectivity index (χ3n) is 1.44. The minimum absolute atomic E-state index is 0.170. The summed E-state index contributed by atoms with van der Waals surface area (Å²) in [6.45, 7) is 5.34. The Balaban J connectivity index is 3.02. The minimum Gasteiger partial charge on any atom is -0.478 e. The molecule has 0 bridgehead atoms. The average molecular weight is 168 g/mol. The summed E-state index contributed by atoms with van der Waals surface area (Å²) in [5, 5.41) is 12.3. The first kappa shape index (κ1) is 8.01. The van der Waals surface area contributed by atoms with Gasteiger partial charge in [0.1, 0.15) is 0 Å². The van der Waals surface area contributed by atoms with Crippen molar-refractivity contribution in [3.8, 4) is 0 Å². The van der Waals surface area contributed by atoms with Crippen LogP contribution in [0.25, 0.3) is 5.57 Å². The molecule has 0 aromatic carbocycles. The number of carboxylic acid groups (broad SMARTS) is 1. The number of aliphatic carboxylic acids is 1. The van der Waals surface area contributed by atoms with Crippen LogP contribution in [0.2, 0.25) is 0 Å². The first-order valence-electron chi connectivity index (χ1n) is 3.08. The summed E-state index contributed by atoms with van der Waals surface area (Å²) in [6, 6.07) is 0. The number of hydrogen-bond acceptors (Lipinski definition) is 2. The molecule has 0 saturated carbocycles. The fourth-order valence-corrected chi connectivity index (χ4v) is 1.65. The average Bonchev–Trinajstić information content (AvgIpc) is 2.33. The number of aryl methyl sites for hydroxylation is 1. The fourth-order valence-electron chi connectivity index (χ4n) is 0.785. The SMILES string of the molecule is C=C(C(=O)O)c1cscc1C. The molecule has 0 aliphatic heterocycles. The van der Waals surface area contributed by atoms with Gasteiger partial charge in [0, 0.05) is 5.56 Å². The van der Waals surface area contributed by atoms with Gasteiger partial charge in [-0.05, 0) is 23.2 Å². The third kappa shape index (κ3) is 1.49. The van der Waals surface area contributed by atoms with E-state index < -0.39 is 5.97 Å². The number of hydrogen-bond donors (Lipinski definition) is 1. The van der Waals surface area contributed by atoms with E-state index in [0.29, 0.717) is 0 Å². The molecule has 0 amide bonds. The Hall–Kier alpha value is -1.09. The van der Waals surface area contributed by atoms with E-state index in [1.165, 1.54) is 11.3 Å².